The van der Waals surface area contributed by atoms with E-state index in [9.17, 15) is 11.0 Å². The summed E-state index contributed by atoms with van der Waals surface area (Å²) in [6, 6.07) is 91.1. The van der Waals surface area contributed by atoms with Crippen LogP contribution in [0.2, 0.25) is 0 Å². The fourth-order valence-electron chi connectivity index (χ4n) is 21.5. The summed E-state index contributed by atoms with van der Waals surface area (Å²) in [5, 5.41) is 4.76. The molecular formula is C131H157BN4. The van der Waals surface area contributed by atoms with Crippen molar-refractivity contribution in [2.45, 2.75) is 297 Å². The average molecular weight is 1810 g/mol. The molecule has 0 N–H and O–H groups in total. The van der Waals surface area contributed by atoms with Crippen LogP contribution in [-0.2, 0) is 68.4 Å². The second kappa shape index (κ2) is 34.6. The van der Waals surface area contributed by atoms with Gasteiger partial charge in [-0.1, -0.05) is 362 Å². The molecule has 0 fully saturated rings. The Labute approximate surface area is 830 Å². The second-order valence-electron chi connectivity index (χ2n) is 52.6. The smallest absolute Gasteiger partial charge is 0.252 e. The van der Waals surface area contributed by atoms with Gasteiger partial charge in [0.05, 0.1) is 33.4 Å². The maximum absolute atomic E-state index is 10.3. The topological polar surface area (TPSA) is 16.3 Å². The summed E-state index contributed by atoms with van der Waals surface area (Å²) < 4.78 is 87.2. The first-order valence-electron chi connectivity index (χ1n) is 54.3. The SMILES string of the molecule is [2H]C([2H])(c1cccc(-c2cc(C(C)(C)C)cc(-c3cccc(C([2H])([2H])C(C)(C)C)c3)c2N2c3cc(-n4c5ccc(CC(C)(C)C)cc5c5cc(CC(C)(C)C)ccc54)ccc3B3c4ccc(-n5c6ccc(CC(C)(C)C)cc6c6cc(CC(C)(C)C)ccc65)cc4N(c4c(-c5cccc(C([2H])([2H])C(C)(C)C)c5)cc(C(C)(C)C)cc4-c4cccc(C([2H])([2H])C(C)(C)C)c4)c4cc(CC(C)(C)C)cc2c43)c1)C(C)(C)C. The van der Waals surface area contributed by atoms with Gasteiger partial charge in [0.15, 0.2) is 0 Å². The highest BCUT2D eigenvalue weighted by Gasteiger charge is 2.47. The van der Waals surface area contributed by atoms with Crippen molar-refractivity contribution in [3.63, 3.8) is 0 Å². The van der Waals surface area contributed by atoms with Gasteiger partial charge in [0.2, 0.25) is 0 Å². The largest absolute Gasteiger partial charge is 0.310 e. The minimum Gasteiger partial charge on any atom is -0.310 e. The van der Waals surface area contributed by atoms with E-state index in [4.69, 9.17) is 0 Å². The third-order valence-corrected chi connectivity index (χ3v) is 26.2. The minimum absolute atomic E-state index is 0.0130. The number of hydrogen-bond acceptors (Lipinski definition) is 2. The lowest BCUT2D eigenvalue weighted by molar-refractivity contribution is 0.411. The molecule has 17 rings (SSSR count). The van der Waals surface area contributed by atoms with Crippen molar-refractivity contribution in [1.29, 1.82) is 0 Å². The van der Waals surface area contributed by atoms with Crippen LogP contribution in [0, 0.1) is 48.7 Å². The molecule has 0 saturated carbocycles. The van der Waals surface area contributed by atoms with Gasteiger partial charge in [-0.2, -0.15) is 0 Å². The molecule has 0 unspecified atom stereocenters. The Bertz CT molecular complexity index is 6810. The van der Waals surface area contributed by atoms with Gasteiger partial charge in [0, 0.05) is 88.9 Å². The molecule has 15 aromatic rings. The van der Waals surface area contributed by atoms with Crippen molar-refractivity contribution in [2.75, 3.05) is 9.80 Å². The van der Waals surface area contributed by atoms with Crippen molar-refractivity contribution in [3.05, 3.63) is 304 Å². The Kier molecular flexibility index (Phi) is 22.1. The third-order valence-electron chi connectivity index (χ3n) is 26.2. The first-order chi connectivity index (χ1) is 66.3. The molecule has 0 saturated heterocycles. The van der Waals surface area contributed by atoms with Crippen LogP contribution in [0.3, 0.4) is 0 Å². The van der Waals surface area contributed by atoms with Crippen LogP contribution < -0.4 is 26.2 Å². The van der Waals surface area contributed by atoms with E-state index in [-0.39, 0.29) is 27.1 Å². The van der Waals surface area contributed by atoms with Crippen molar-refractivity contribution in [1.82, 2.24) is 9.13 Å². The number of anilines is 6. The molecule has 4 nitrogen and oxygen atoms in total. The van der Waals surface area contributed by atoms with E-state index in [0.29, 0.717) is 28.7 Å². The van der Waals surface area contributed by atoms with E-state index in [2.05, 4.69) is 358 Å². The molecule has 0 aliphatic carbocycles. The number of rotatable bonds is 17. The summed E-state index contributed by atoms with van der Waals surface area (Å²) >= 11 is 0. The summed E-state index contributed by atoms with van der Waals surface area (Å²) in [7, 11) is 0. The molecule has 0 spiro atoms. The Morgan fingerprint density at radius 3 is 0.713 bits per heavy atom. The normalized spacial score (nSPS) is 15.1. The molecule has 4 heterocycles. The van der Waals surface area contributed by atoms with Crippen molar-refractivity contribution in [2.24, 2.45) is 48.7 Å². The van der Waals surface area contributed by atoms with Gasteiger partial charge in [-0.15, -0.1) is 0 Å². The molecule has 136 heavy (non-hydrogen) atoms. The lowest BCUT2D eigenvalue weighted by atomic mass is 9.33. The van der Waals surface area contributed by atoms with Crippen LogP contribution in [0.5, 0.6) is 0 Å². The van der Waals surface area contributed by atoms with E-state index in [1.54, 1.807) is 0 Å². The maximum Gasteiger partial charge on any atom is 0.252 e. The van der Waals surface area contributed by atoms with Gasteiger partial charge in [-0.25, -0.2) is 0 Å². The van der Waals surface area contributed by atoms with Crippen molar-refractivity contribution < 1.29 is 11.0 Å². The summed E-state index contributed by atoms with van der Waals surface area (Å²) in [5.41, 5.74) is 27.7. The van der Waals surface area contributed by atoms with Gasteiger partial charge in [0.1, 0.15) is 0 Å². The fourth-order valence-corrected chi connectivity index (χ4v) is 21.5. The van der Waals surface area contributed by atoms with Crippen LogP contribution in [0.4, 0.5) is 34.1 Å². The van der Waals surface area contributed by atoms with Gasteiger partial charge in [0.25, 0.3) is 6.71 Å². The van der Waals surface area contributed by atoms with E-state index in [1.807, 2.05) is 132 Å². The molecule has 2 aromatic heterocycles. The lowest BCUT2D eigenvalue weighted by Crippen LogP contribution is -2.61. The van der Waals surface area contributed by atoms with Crippen molar-refractivity contribution in [3.8, 4) is 55.9 Å². The summed E-state index contributed by atoms with van der Waals surface area (Å²) in [6.45, 7) is 72.0. The van der Waals surface area contributed by atoms with Gasteiger partial charge >= 0.3 is 0 Å². The van der Waals surface area contributed by atoms with E-state index >= 15 is 0 Å². The summed E-state index contributed by atoms with van der Waals surface area (Å²) in [6.07, 6.45) is -3.04. The Morgan fingerprint density at radius 1 is 0.228 bits per heavy atom. The van der Waals surface area contributed by atoms with Gasteiger partial charge < -0.3 is 18.9 Å². The standard InChI is InChI=1S/C131H157BN4/c1-121(2,3)74-83-38-34-42-92(58-83)100-68-96(130(28,29)30)69-101(93-43-35-39-84(59-93)75-122(4,5)6)119(100)135-114-72-98(133-110-54-46-87(78-125(13,14)15)62-104(110)105-63-88(47-55-111(105)133)79-126(16,17)18)50-52-108(114)132-109-53-51-99(134-112-56-48-89(80-127(19,20)21)64-106(112)107-65-90(49-57-113(107)134)81-128(22,23)24)73-115(109)136(117-67-91(82-129(25,26)27)66-116(135)118(117)132)120-102(94-44-36-40-85(60-94)76-123(7,8)9)70-97(131(31,32)33)71-103(120)95-45-37-41-86(61-95)77-124(10,11)12/h34-73H,74-82H2,1-33H3/i74D2,75D2,76D2,77D2. The minimum atomic E-state index is -1.81. The molecule has 704 valence electrons. The number of aromatic nitrogens is 2. The highest BCUT2D eigenvalue weighted by molar-refractivity contribution is 7.00. The van der Waals surface area contributed by atoms with E-state index in [1.165, 1.54) is 43.8 Å². The zero-order chi connectivity index (χ0) is 105. The number of hydrogen-bond donors (Lipinski definition) is 0. The summed E-state index contributed by atoms with van der Waals surface area (Å²) in [5.74, 6) is 0. The predicted molar refractivity (Wildman–Crippen MR) is 597 cm³/mol. The third kappa shape index (κ3) is 20.9. The fraction of sp³-hybridized carbons (Fsp3) is 0.405. The highest BCUT2D eigenvalue weighted by atomic mass is 15.2. The van der Waals surface area contributed by atoms with Crippen LogP contribution in [-0.4, -0.2) is 15.8 Å². The quantitative estimate of drug-likeness (QED) is 0.0845. The highest BCUT2D eigenvalue weighted by Crippen LogP contribution is 2.57. The lowest BCUT2D eigenvalue weighted by Gasteiger charge is -2.46. The number of nitrogens with zero attached hydrogens (tertiary/aromatic N) is 4. The number of benzene rings is 13. The molecule has 0 radical (unpaired) electrons. The van der Waals surface area contributed by atoms with Crippen molar-refractivity contribution >= 4 is 101 Å². The molecule has 0 bridgehead atoms. The average Bonchev–Trinajstić information content (AvgIpc) is 0.740. The molecule has 0 amide bonds. The molecular weight excluding hydrogens is 1640 g/mol. The Morgan fingerprint density at radius 2 is 0.478 bits per heavy atom. The monoisotopic (exact) mass is 1810 g/mol. The molecule has 5 heteroatoms. The first-order valence-corrected chi connectivity index (χ1v) is 50.3. The second-order valence-corrected chi connectivity index (χ2v) is 52.6. The Hall–Kier alpha value is -10.9. The molecule has 13 aromatic carbocycles. The van der Waals surface area contributed by atoms with Crippen LogP contribution in [0.25, 0.3) is 99.5 Å². The van der Waals surface area contributed by atoms with Crippen LogP contribution >= 0.6 is 0 Å². The zero-order valence-corrected chi connectivity index (χ0v) is 88.5. The van der Waals surface area contributed by atoms with Gasteiger partial charge in [-0.3, -0.25) is 0 Å². The van der Waals surface area contributed by atoms with Crippen LogP contribution in [0.15, 0.2) is 243 Å². The number of fused-ring (bicyclic) bond motifs is 10. The van der Waals surface area contributed by atoms with Crippen LogP contribution in [0.1, 0.15) is 301 Å². The van der Waals surface area contributed by atoms with E-state index in [0.717, 1.165) is 171 Å². The maximum atomic E-state index is 10.3. The molecule has 2 aliphatic heterocycles. The Balaban J connectivity index is 1.12. The van der Waals surface area contributed by atoms with Gasteiger partial charge in [-0.05, 0) is 326 Å². The predicted octanol–water partition coefficient (Wildman–Crippen LogP) is 35.5. The molecule has 0 atom stereocenters. The summed E-state index contributed by atoms with van der Waals surface area (Å²) in [4.78, 5) is 5.23. The zero-order valence-electron chi connectivity index (χ0n) is 96.5. The molecule has 2 aliphatic rings. The first kappa shape index (κ1) is 86.7. The van der Waals surface area contributed by atoms with E-state index < -0.39 is 64.7 Å².